The average Bonchev–Trinajstić information content (AvgIpc) is 3.34. The number of carbonyl (C=O) groups excluding carboxylic acids is 1. The smallest absolute Gasteiger partial charge is 0.220 e. The van der Waals surface area contributed by atoms with E-state index in [0.29, 0.717) is 12.8 Å². The Balaban J connectivity index is 1.56. The molecule has 0 aromatic rings. The van der Waals surface area contributed by atoms with Crippen LogP contribution >= 0.6 is 0 Å². The van der Waals surface area contributed by atoms with E-state index < -0.39 is 86.8 Å². The molecule has 2 rings (SSSR count). The van der Waals surface area contributed by atoms with Gasteiger partial charge in [0.15, 0.2) is 12.6 Å². The molecule has 0 spiro atoms. The predicted molar refractivity (Wildman–Crippen MR) is 268 cm³/mol. The van der Waals surface area contributed by atoms with Crippen molar-refractivity contribution in [3.63, 3.8) is 0 Å². The first-order valence-corrected chi connectivity index (χ1v) is 28.3. The maximum absolute atomic E-state index is 13.1. The van der Waals surface area contributed by atoms with Gasteiger partial charge in [0.25, 0.3) is 0 Å². The van der Waals surface area contributed by atoms with Gasteiger partial charge in [-0.05, 0) is 12.8 Å². The van der Waals surface area contributed by atoms with Crippen molar-refractivity contribution in [2.45, 2.75) is 319 Å². The van der Waals surface area contributed by atoms with Gasteiger partial charge in [0.05, 0.1) is 32.0 Å². The SMILES string of the molecule is CCCCCCCCCCCCCCCCCCCCCCCCCCCCCCCC(=O)NC(COC1OC(CO)C(OC2OC(CO)C(O)C(O)C2O)C(O)C1O)C(O)CCCCCCC. The lowest BCUT2D eigenvalue weighted by molar-refractivity contribution is -0.359. The van der Waals surface area contributed by atoms with E-state index in [4.69, 9.17) is 18.9 Å². The molecule has 2 heterocycles. The molecule has 0 aromatic heterocycles. The molecule has 2 aliphatic heterocycles. The van der Waals surface area contributed by atoms with Crippen molar-refractivity contribution < 1.29 is 64.6 Å². The molecule has 0 bridgehead atoms. The van der Waals surface area contributed by atoms with Gasteiger partial charge >= 0.3 is 0 Å². The molecule has 14 nitrogen and oxygen atoms in total. The number of ether oxygens (including phenoxy) is 4. The van der Waals surface area contributed by atoms with Gasteiger partial charge in [-0.2, -0.15) is 0 Å². The molecule has 0 radical (unpaired) electrons. The van der Waals surface area contributed by atoms with Crippen LogP contribution in [0.3, 0.4) is 0 Å². The largest absolute Gasteiger partial charge is 0.394 e. The first-order valence-electron chi connectivity index (χ1n) is 28.3. The highest BCUT2D eigenvalue weighted by Gasteiger charge is 2.51. The Morgan fingerprint density at radius 2 is 0.838 bits per heavy atom. The molecule has 14 heteroatoms. The summed E-state index contributed by atoms with van der Waals surface area (Å²) in [5, 5.41) is 86.4. The van der Waals surface area contributed by atoms with Crippen molar-refractivity contribution in [2.24, 2.45) is 0 Å². The minimum absolute atomic E-state index is 0.208. The first-order chi connectivity index (χ1) is 33.1. The minimum Gasteiger partial charge on any atom is -0.394 e. The van der Waals surface area contributed by atoms with E-state index in [9.17, 15) is 45.6 Å². The fourth-order valence-electron chi connectivity index (χ4n) is 9.71. The number of aliphatic hydroxyl groups excluding tert-OH is 8. The molecule has 9 N–H and O–H groups in total. The van der Waals surface area contributed by atoms with Crippen LogP contribution in [0.2, 0.25) is 0 Å². The van der Waals surface area contributed by atoms with Crippen LogP contribution in [0.15, 0.2) is 0 Å². The molecule has 0 aromatic carbocycles. The third-order valence-corrected chi connectivity index (χ3v) is 14.3. The molecule has 12 unspecified atom stereocenters. The first kappa shape index (κ1) is 63.1. The van der Waals surface area contributed by atoms with E-state index in [2.05, 4.69) is 19.2 Å². The molecule has 404 valence electrons. The standard InChI is InChI=1S/C54H105NO13/c1-3-5-7-9-10-11-12-13-14-15-16-17-18-19-20-21-22-23-24-25-26-27-28-29-30-31-32-34-36-38-46(59)55-42(43(58)37-35-33-8-6-4-2)41-65-53-51(64)49(62)52(45(40-57)67-53)68-54-50(63)48(61)47(60)44(39-56)66-54/h42-45,47-54,56-58,60-64H,3-41H2,1-2H3,(H,55,59). The summed E-state index contributed by atoms with van der Waals surface area (Å²) in [6, 6.07) is -0.819. The number of carbonyl (C=O) groups is 1. The van der Waals surface area contributed by atoms with E-state index in [1.165, 1.54) is 161 Å². The lowest BCUT2D eigenvalue weighted by Gasteiger charge is -2.46. The zero-order chi connectivity index (χ0) is 49.6. The van der Waals surface area contributed by atoms with E-state index in [1.807, 2.05) is 0 Å². The number of hydrogen-bond acceptors (Lipinski definition) is 13. The Hall–Kier alpha value is -1.01. The summed E-state index contributed by atoms with van der Waals surface area (Å²) in [6.45, 7) is 2.78. The van der Waals surface area contributed by atoms with Crippen molar-refractivity contribution in [1.29, 1.82) is 0 Å². The second kappa shape index (κ2) is 41.5. The predicted octanol–water partition coefficient (Wildman–Crippen LogP) is 8.56. The zero-order valence-electron chi connectivity index (χ0n) is 43.1. The van der Waals surface area contributed by atoms with E-state index >= 15 is 0 Å². The van der Waals surface area contributed by atoms with Crippen LogP contribution in [-0.2, 0) is 23.7 Å². The molecule has 2 aliphatic rings. The fourth-order valence-corrected chi connectivity index (χ4v) is 9.71. The summed E-state index contributed by atoms with van der Waals surface area (Å²) in [4.78, 5) is 13.1. The second-order valence-corrected chi connectivity index (χ2v) is 20.4. The maximum atomic E-state index is 13.1. The van der Waals surface area contributed by atoms with Crippen LogP contribution in [0.1, 0.15) is 245 Å². The van der Waals surface area contributed by atoms with Crippen LogP contribution in [0.25, 0.3) is 0 Å². The third-order valence-electron chi connectivity index (χ3n) is 14.3. The molecule has 68 heavy (non-hydrogen) atoms. The second-order valence-electron chi connectivity index (χ2n) is 20.4. The Morgan fingerprint density at radius 1 is 0.471 bits per heavy atom. The van der Waals surface area contributed by atoms with Gasteiger partial charge in [0.2, 0.25) is 5.91 Å². The highest BCUT2D eigenvalue weighted by molar-refractivity contribution is 5.76. The van der Waals surface area contributed by atoms with Gasteiger partial charge < -0.3 is 65.1 Å². The van der Waals surface area contributed by atoms with Crippen LogP contribution in [0.4, 0.5) is 0 Å². The van der Waals surface area contributed by atoms with Gasteiger partial charge in [-0.15, -0.1) is 0 Å². The monoisotopic (exact) mass is 976 g/mol. The van der Waals surface area contributed by atoms with Crippen LogP contribution in [0, 0.1) is 0 Å². The molecular formula is C54H105NO13. The normalized spacial score (nSPS) is 26.3. The van der Waals surface area contributed by atoms with Crippen molar-refractivity contribution in [1.82, 2.24) is 5.32 Å². The highest BCUT2D eigenvalue weighted by Crippen LogP contribution is 2.30. The van der Waals surface area contributed by atoms with Gasteiger partial charge in [-0.1, -0.05) is 226 Å². The highest BCUT2D eigenvalue weighted by atomic mass is 16.7. The Labute approximate surface area is 413 Å². The van der Waals surface area contributed by atoms with Crippen molar-refractivity contribution in [3.8, 4) is 0 Å². The summed E-state index contributed by atoms with van der Waals surface area (Å²) >= 11 is 0. The third kappa shape index (κ3) is 27.7. The summed E-state index contributed by atoms with van der Waals surface area (Å²) < 4.78 is 22.6. The van der Waals surface area contributed by atoms with Crippen LogP contribution in [-0.4, -0.2) is 140 Å². The molecule has 2 fully saturated rings. The fraction of sp³-hybridized carbons (Fsp3) is 0.981. The molecular weight excluding hydrogens is 871 g/mol. The van der Waals surface area contributed by atoms with Gasteiger partial charge in [-0.25, -0.2) is 0 Å². The topological polar surface area (TPSA) is 228 Å². The number of nitrogens with one attached hydrogen (secondary N) is 1. The van der Waals surface area contributed by atoms with E-state index in [0.717, 1.165) is 57.8 Å². The summed E-state index contributed by atoms with van der Waals surface area (Å²) in [7, 11) is 0. The molecule has 0 saturated carbocycles. The maximum Gasteiger partial charge on any atom is 0.220 e. The summed E-state index contributed by atoms with van der Waals surface area (Å²) in [5.41, 5.74) is 0. The summed E-state index contributed by atoms with van der Waals surface area (Å²) in [5.74, 6) is -0.208. The lowest BCUT2D eigenvalue weighted by Crippen LogP contribution is -2.65. The quantitative estimate of drug-likeness (QED) is 0.0261. The molecule has 0 aliphatic carbocycles. The number of unbranched alkanes of at least 4 members (excludes halogenated alkanes) is 32. The molecule has 12 atom stereocenters. The van der Waals surface area contributed by atoms with Crippen molar-refractivity contribution >= 4 is 5.91 Å². The number of amides is 1. The average molecular weight is 976 g/mol. The van der Waals surface area contributed by atoms with Crippen LogP contribution < -0.4 is 5.32 Å². The van der Waals surface area contributed by atoms with Gasteiger partial charge in [-0.3, -0.25) is 4.79 Å². The number of aliphatic hydroxyl groups is 8. The Morgan fingerprint density at radius 3 is 1.25 bits per heavy atom. The van der Waals surface area contributed by atoms with Crippen molar-refractivity contribution in [2.75, 3.05) is 19.8 Å². The Bertz CT molecular complexity index is 1150. The number of hydrogen-bond donors (Lipinski definition) is 9. The van der Waals surface area contributed by atoms with Crippen molar-refractivity contribution in [3.05, 3.63) is 0 Å². The molecule has 1 amide bonds. The number of rotatable bonds is 45. The molecule has 2 saturated heterocycles. The zero-order valence-corrected chi connectivity index (χ0v) is 43.1. The Kier molecular flexibility index (Phi) is 38.5. The summed E-state index contributed by atoms with van der Waals surface area (Å²) in [6.07, 6.45) is 27.7. The van der Waals surface area contributed by atoms with E-state index in [1.54, 1.807) is 0 Å². The van der Waals surface area contributed by atoms with Crippen LogP contribution in [0.5, 0.6) is 0 Å². The lowest BCUT2D eigenvalue weighted by atomic mass is 9.97. The minimum atomic E-state index is -1.78. The van der Waals surface area contributed by atoms with Gasteiger partial charge in [0.1, 0.15) is 48.8 Å². The van der Waals surface area contributed by atoms with E-state index in [-0.39, 0.29) is 12.5 Å². The van der Waals surface area contributed by atoms with Gasteiger partial charge in [0, 0.05) is 6.42 Å².